The quantitative estimate of drug-likeness (QED) is 0.844. The van der Waals surface area contributed by atoms with Crippen LogP contribution < -0.4 is 16.0 Å². The van der Waals surface area contributed by atoms with Gasteiger partial charge in [-0.25, -0.2) is 4.39 Å². The molecule has 146 valence electrons. The van der Waals surface area contributed by atoms with E-state index >= 15 is 0 Å². The molecule has 1 aliphatic carbocycles. The van der Waals surface area contributed by atoms with Gasteiger partial charge in [0.2, 0.25) is 11.8 Å². The normalized spacial score (nSPS) is 23.8. The van der Waals surface area contributed by atoms with Crippen molar-refractivity contribution in [2.45, 2.75) is 38.8 Å². The van der Waals surface area contributed by atoms with Crippen LogP contribution in [-0.2, 0) is 4.79 Å². The number of primary amides is 1. The number of nitrogens with one attached hydrogen (secondary N) is 1. The number of amides is 2. The first-order valence-corrected chi connectivity index (χ1v) is 9.62. The van der Waals surface area contributed by atoms with Crippen molar-refractivity contribution in [2.75, 3.05) is 10.2 Å². The molecule has 0 spiro atoms. The van der Waals surface area contributed by atoms with E-state index in [2.05, 4.69) is 12.2 Å². The summed E-state index contributed by atoms with van der Waals surface area (Å²) in [6.07, 6.45) is 2.22. The summed E-state index contributed by atoms with van der Waals surface area (Å²) in [6.45, 7) is 3.71. The molecule has 2 amide bonds. The Balaban J connectivity index is 1.82. The lowest BCUT2D eigenvalue weighted by atomic mass is 9.79. The third kappa shape index (κ3) is 3.23. The summed E-state index contributed by atoms with van der Waals surface area (Å²) in [5, 5.41) is 3.50. The maximum Gasteiger partial charge on any atom is 0.248 e. The Hall–Kier alpha value is -2.89. The standard InChI is InChI=1S/C22H24FN3O2/c1-12-20(25-17-8-6-16(23)7-9-17)18-11-15(22(24)28)5-10-19(18)26(13(2)27)21(12)14-3-4-14/h5-12,14,20-21,25H,3-4H2,1-2H3,(H2,24,28)/t12-,20-,21-/m1/s1. The number of carbonyl (C=O) groups excluding carboxylic acids is 2. The fourth-order valence-corrected chi connectivity index (χ4v) is 4.44. The Morgan fingerprint density at radius 3 is 2.39 bits per heavy atom. The topological polar surface area (TPSA) is 75.4 Å². The second kappa shape index (κ2) is 6.93. The van der Waals surface area contributed by atoms with Gasteiger partial charge in [0.15, 0.2) is 0 Å². The predicted octanol–water partition coefficient (Wildman–Crippen LogP) is 3.86. The van der Waals surface area contributed by atoms with Crippen molar-refractivity contribution in [3.63, 3.8) is 0 Å². The summed E-state index contributed by atoms with van der Waals surface area (Å²) in [4.78, 5) is 26.2. The van der Waals surface area contributed by atoms with Crippen LogP contribution in [0.4, 0.5) is 15.8 Å². The third-order valence-electron chi connectivity index (χ3n) is 5.88. The van der Waals surface area contributed by atoms with E-state index in [4.69, 9.17) is 5.73 Å². The number of halogens is 1. The van der Waals surface area contributed by atoms with Crippen LogP contribution in [0.1, 0.15) is 48.7 Å². The number of carbonyl (C=O) groups is 2. The van der Waals surface area contributed by atoms with E-state index in [0.29, 0.717) is 11.5 Å². The number of rotatable bonds is 4. The van der Waals surface area contributed by atoms with Gasteiger partial charge in [-0.1, -0.05) is 6.92 Å². The van der Waals surface area contributed by atoms with Crippen LogP contribution >= 0.6 is 0 Å². The number of fused-ring (bicyclic) bond motifs is 1. The summed E-state index contributed by atoms with van der Waals surface area (Å²) < 4.78 is 13.3. The van der Waals surface area contributed by atoms with Crippen molar-refractivity contribution < 1.29 is 14.0 Å². The van der Waals surface area contributed by atoms with Gasteiger partial charge in [-0.3, -0.25) is 9.59 Å². The fourth-order valence-electron chi connectivity index (χ4n) is 4.44. The average Bonchev–Trinajstić information content (AvgIpc) is 3.49. The Labute approximate surface area is 163 Å². The summed E-state index contributed by atoms with van der Waals surface area (Å²) >= 11 is 0. The second-order valence-electron chi connectivity index (χ2n) is 7.84. The molecule has 3 atom stereocenters. The van der Waals surface area contributed by atoms with Crippen LogP contribution in [0.2, 0.25) is 0 Å². The van der Waals surface area contributed by atoms with Crippen molar-refractivity contribution in [2.24, 2.45) is 17.6 Å². The number of nitrogens with zero attached hydrogens (tertiary/aromatic N) is 1. The van der Waals surface area contributed by atoms with Crippen molar-refractivity contribution in [1.29, 1.82) is 0 Å². The molecule has 4 rings (SSSR count). The van der Waals surface area contributed by atoms with Crippen LogP contribution in [0.25, 0.3) is 0 Å². The molecule has 1 heterocycles. The molecule has 1 fully saturated rings. The summed E-state index contributed by atoms with van der Waals surface area (Å²) in [6, 6.07) is 11.4. The van der Waals surface area contributed by atoms with Crippen LogP contribution in [0.3, 0.4) is 0 Å². The van der Waals surface area contributed by atoms with Gasteiger partial charge in [0.25, 0.3) is 0 Å². The molecule has 0 saturated heterocycles. The van der Waals surface area contributed by atoms with Crippen molar-refractivity contribution in [3.8, 4) is 0 Å². The zero-order valence-electron chi connectivity index (χ0n) is 16.0. The van der Waals surface area contributed by atoms with Gasteiger partial charge >= 0.3 is 0 Å². The van der Waals surface area contributed by atoms with Gasteiger partial charge in [-0.15, -0.1) is 0 Å². The minimum absolute atomic E-state index is 0.00272. The van der Waals surface area contributed by atoms with Crippen molar-refractivity contribution in [1.82, 2.24) is 0 Å². The zero-order chi connectivity index (χ0) is 20.0. The Kier molecular flexibility index (Phi) is 4.57. The van der Waals surface area contributed by atoms with E-state index in [1.807, 2.05) is 11.0 Å². The highest BCUT2D eigenvalue weighted by atomic mass is 19.1. The van der Waals surface area contributed by atoms with E-state index in [9.17, 15) is 14.0 Å². The first-order chi connectivity index (χ1) is 13.4. The highest BCUT2D eigenvalue weighted by Gasteiger charge is 2.47. The minimum atomic E-state index is -0.505. The molecule has 2 aliphatic rings. The van der Waals surface area contributed by atoms with Crippen LogP contribution in [-0.4, -0.2) is 17.9 Å². The molecule has 28 heavy (non-hydrogen) atoms. The van der Waals surface area contributed by atoms with Crippen molar-refractivity contribution >= 4 is 23.2 Å². The number of hydrogen-bond acceptors (Lipinski definition) is 3. The van der Waals surface area contributed by atoms with Gasteiger partial charge in [0.05, 0.1) is 6.04 Å². The maximum absolute atomic E-state index is 13.3. The largest absolute Gasteiger partial charge is 0.378 e. The molecular weight excluding hydrogens is 357 g/mol. The minimum Gasteiger partial charge on any atom is -0.378 e. The summed E-state index contributed by atoms with van der Waals surface area (Å²) in [5.74, 6) is -0.221. The molecule has 2 aromatic rings. The van der Waals surface area contributed by atoms with Gasteiger partial charge < -0.3 is 16.0 Å². The average molecular weight is 381 g/mol. The summed E-state index contributed by atoms with van der Waals surface area (Å²) in [5.41, 5.74) is 8.37. The highest BCUT2D eigenvalue weighted by molar-refractivity contribution is 5.97. The van der Waals surface area contributed by atoms with E-state index in [1.54, 1.807) is 31.2 Å². The highest BCUT2D eigenvalue weighted by Crippen LogP contribution is 2.50. The Morgan fingerprint density at radius 1 is 1.14 bits per heavy atom. The van der Waals surface area contributed by atoms with Crippen LogP contribution in [0.5, 0.6) is 0 Å². The molecule has 3 N–H and O–H groups in total. The lowest BCUT2D eigenvalue weighted by Crippen LogP contribution is -2.51. The van der Waals surface area contributed by atoms with Crippen molar-refractivity contribution in [3.05, 3.63) is 59.4 Å². The van der Waals surface area contributed by atoms with E-state index < -0.39 is 5.91 Å². The van der Waals surface area contributed by atoms with E-state index in [-0.39, 0.29) is 29.7 Å². The molecular formula is C22H24FN3O2. The molecule has 5 nitrogen and oxygen atoms in total. The van der Waals surface area contributed by atoms with Crippen LogP contribution in [0, 0.1) is 17.7 Å². The maximum atomic E-state index is 13.3. The molecule has 0 unspecified atom stereocenters. The lowest BCUT2D eigenvalue weighted by Gasteiger charge is -2.46. The van der Waals surface area contributed by atoms with Gasteiger partial charge in [0.1, 0.15) is 5.82 Å². The zero-order valence-corrected chi connectivity index (χ0v) is 16.0. The SMILES string of the molecule is CC(=O)N1c2ccc(C(N)=O)cc2[C@H](Nc2ccc(F)cc2)[C@@H](C)[C@@H]1C1CC1. The molecule has 0 bridgehead atoms. The lowest BCUT2D eigenvalue weighted by molar-refractivity contribution is -0.117. The monoisotopic (exact) mass is 381 g/mol. The smallest absolute Gasteiger partial charge is 0.248 e. The number of anilines is 2. The van der Waals surface area contributed by atoms with E-state index in [1.165, 1.54) is 12.1 Å². The fraction of sp³-hybridized carbons (Fsp3) is 0.364. The Bertz CT molecular complexity index is 924. The van der Waals surface area contributed by atoms with E-state index in [0.717, 1.165) is 29.8 Å². The number of nitrogens with two attached hydrogens (primary N) is 1. The molecule has 1 saturated carbocycles. The summed E-state index contributed by atoms with van der Waals surface area (Å²) in [7, 11) is 0. The third-order valence-corrected chi connectivity index (χ3v) is 5.88. The van der Waals surface area contributed by atoms with Gasteiger partial charge in [-0.2, -0.15) is 0 Å². The molecule has 0 radical (unpaired) electrons. The van der Waals surface area contributed by atoms with Gasteiger partial charge in [0, 0.05) is 35.8 Å². The number of hydrogen-bond donors (Lipinski definition) is 2. The van der Waals surface area contributed by atoms with Crippen LogP contribution in [0.15, 0.2) is 42.5 Å². The number of benzene rings is 2. The molecule has 0 aromatic heterocycles. The molecule has 1 aliphatic heterocycles. The Morgan fingerprint density at radius 2 is 1.82 bits per heavy atom. The molecule has 6 heteroatoms. The predicted molar refractivity (Wildman–Crippen MR) is 107 cm³/mol. The molecule has 2 aromatic carbocycles. The first-order valence-electron chi connectivity index (χ1n) is 9.62. The first kappa shape index (κ1) is 18.5. The second-order valence-corrected chi connectivity index (χ2v) is 7.84. The van der Waals surface area contributed by atoms with Gasteiger partial charge in [-0.05, 0) is 66.8 Å².